The third-order valence-corrected chi connectivity index (χ3v) is 4.03. The van der Waals surface area contributed by atoms with Crippen molar-refractivity contribution in [1.82, 2.24) is 10.6 Å². The molecule has 150 valence electrons. The lowest BCUT2D eigenvalue weighted by molar-refractivity contribution is 0.359. The number of nitrogens with zero attached hydrogens (tertiary/aromatic N) is 1. The zero-order chi connectivity index (χ0) is 20.2. The molecule has 0 bridgehead atoms. The number of phenols is 1. The van der Waals surface area contributed by atoms with Crippen molar-refractivity contribution < 1.29 is 14.6 Å². The van der Waals surface area contributed by atoms with Crippen molar-refractivity contribution in [2.24, 2.45) is 4.99 Å². The molecule has 0 aliphatic carbocycles. The van der Waals surface area contributed by atoms with Crippen molar-refractivity contribution in [3.8, 4) is 17.2 Å². The van der Waals surface area contributed by atoms with Crippen LogP contribution in [0.5, 0.6) is 17.2 Å². The van der Waals surface area contributed by atoms with Gasteiger partial charge in [-0.3, -0.25) is 0 Å². The molecule has 0 amide bonds. The SMILES string of the molecule is C=CCOc1ccccc1CN=C(NCC)NCCc1ccc(O)c(OC)c1. The highest BCUT2D eigenvalue weighted by Crippen LogP contribution is 2.26. The average molecular weight is 383 g/mol. The van der Waals surface area contributed by atoms with Gasteiger partial charge in [0.05, 0.1) is 13.7 Å². The maximum absolute atomic E-state index is 9.69. The molecule has 28 heavy (non-hydrogen) atoms. The van der Waals surface area contributed by atoms with E-state index in [2.05, 4.69) is 22.2 Å². The van der Waals surface area contributed by atoms with Crippen LogP contribution in [-0.2, 0) is 13.0 Å². The van der Waals surface area contributed by atoms with Gasteiger partial charge in [-0.1, -0.05) is 36.9 Å². The molecular formula is C22H29N3O3. The number of ether oxygens (including phenoxy) is 2. The highest BCUT2D eigenvalue weighted by atomic mass is 16.5. The largest absolute Gasteiger partial charge is 0.504 e. The molecule has 6 nitrogen and oxygen atoms in total. The number of para-hydroxylation sites is 1. The molecule has 2 aromatic rings. The topological polar surface area (TPSA) is 75.1 Å². The molecule has 0 saturated carbocycles. The smallest absolute Gasteiger partial charge is 0.191 e. The van der Waals surface area contributed by atoms with Crippen LogP contribution in [0, 0.1) is 0 Å². The lowest BCUT2D eigenvalue weighted by atomic mass is 10.1. The number of hydrogen-bond acceptors (Lipinski definition) is 4. The maximum Gasteiger partial charge on any atom is 0.191 e. The Kier molecular flexibility index (Phi) is 8.72. The van der Waals surface area contributed by atoms with Gasteiger partial charge in [0.1, 0.15) is 12.4 Å². The van der Waals surface area contributed by atoms with E-state index in [0.717, 1.165) is 35.8 Å². The maximum atomic E-state index is 9.69. The summed E-state index contributed by atoms with van der Waals surface area (Å²) in [4.78, 5) is 4.66. The molecule has 3 N–H and O–H groups in total. The minimum Gasteiger partial charge on any atom is -0.504 e. The minimum atomic E-state index is 0.145. The van der Waals surface area contributed by atoms with Gasteiger partial charge >= 0.3 is 0 Å². The third kappa shape index (κ3) is 6.54. The first-order chi connectivity index (χ1) is 13.7. The monoisotopic (exact) mass is 383 g/mol. The van der Waals surface area contributed by atoms with Crippen LogP contribution in [0.1, 0.15) is 18.1 Å². The fraction of sp³-hybridized carbons (Fsp3) is 0.318. The van der Waals surface area contributed by atoms with Gasteiger partial charge in [0.25, 0.3) is 0 Å². The molecule has 0 aliphatic rings. The summed E-state index contributed by atoms with van der Waals surface area (Å²) in [5, 5.41) is 16.3. The Labute approximate surface area is 166 Å². The Bertz CT molecular complexity index is 790. The summed E-state index contributed by atoms with van der Waals surface area (Å²) < 4.78 is 10.8. The van der Waals surface area contributed by atoms with Gasteiger partial charge in [-0.05, 0) is 37.1 Å². The fourth-order valence-electron chi connectivity index (χ4n) is 2.63. The summed E-state index contributed by atoms with van der Waals surface area (Å²) in [7, 11) is 1.55. The molecular weight excluding hydrogens is 354 g/mol. The van der Waals surface area contributed by atoms with Crippen LogP contribution < -0.4 is 20.1 Å². The van der Waals surface area contributed by atoms with Gasteiger partial charge in [-0.25, -0.2) is 4.99 Å². The van der Waals surface area contributed by atoms with Gasteiger partial charge in [0.2, 0.25) is 0 Å². The van der Waals surface area contributed by atoms with E-state index < -0.39 is 0 Å². The first-order valence-electron chi connectivity index (χ1n) is 9.37. The Morgan fingerprint density at radius 3 is 2.75 bits per heavy atom. The van der Waals surface area contributed by atoms with Crippen LogP contribution in [0.4, 0.5) is 0 Å². The van der Waals surface area contributed by atoms with E-state index in [0.29, 0.717) is 25.4 Å². The fourth-order valence-corrected chi connectivity index (χ4v) is 2.63. The lowest BCUT2D eigenvalue weighted by Gasteiger charge is -2.13. The molecule has 0 radical (unpaired) electrons. The molecule has 0 saturated heterocycles. The van der Waals surface area contributed by atoms with E-state index in [4.69, 9.17) is 9.47 Å². The predicted molar refractivity (Wildman–Crippen MR) is 113 cm³/mol. The number of nitrogens with one attached hydrogen (secondary N) is 2. The molecule has 0 fully saturated rings. The van der Waals surface area contributed by atoms with E-state index in [9.17, 15) is 5.11 Å². The summed E-state index contributed by atoms with van der Waals surface area (Å²) in [6.07, 6.45) is 2.50. The number of phenolic OH excluding ortho intramolecular Hbond substituents is 1. The van der Waals surface area contributed by atoms with Gasteiger partial charge < -0.3 is 25.2 Å². The second kappa shape index (κ2) is 11.5. The average Bonchev–Trinajstić information content (AvgIpc) is 2.72. The van der Waals surface area contributed by atoms with E-state index in [1.54, 1.807) is 19.3 Å². The first-order valence-corrected chi connectivity index (χ1v) is 9.37. The Balaban J connectivity index is 1.96. The van der Waals surface area contributed by atoms with Gasteiger partial charge in [0, 0.05) is 18.7 Å². The molecule has 6 heteroatoms. The normalized spacial score (nSPS) is 11.0. The summed E-state index contributed by atoms with van der Waals surface area (Å²) in [6, 6.07) is 13.2. The highest BCUT2D eigenvalue weighted by Gasteiger charge is 2.05. The van der Waals surface area contributed by atoms with E-state index in [1.165, 1.54) is 0 Å². The summed E-state index contributed by atoms with van der Waals surface area (Å²) in [5.74, 6) is 2.19. The molecule has 0 aromatic heterocycles. The third-order valence-electron chi connectivity index (χ3n) is 4.03. The first kappa shape index (κ1) is 21.2. The van der Waals surface area contributed by atoms with Crippen molar-refractivity contribution >= 4 is 5.96 Å². The van der Waals surface area contributed by atoms with Crippen LogP contribution >= 0.6 is 0 Å². The van der Waals surface area contributed by atoms with Crippen LogP contribution in [0.3, 0.4) is 0 Å². The van der Waals surface area contributed by atoms with E-state index in [-0.39, 0.29) is 5.75 Å². The number of methoxy groups -OCH3 is 1. The molecule has 0 spiro atoms. The second-order valence-corrected chi connectivity index (χ2v) is 6.09. The van der Waals surface area contributed by atoms with Crippen molar-refractivity contribution in [3.05, 3.63) is 66.2 Å². The standard InChI is InChI=1S/C22H29N3O3/c1-4-14-28-20-9-7-6-8-18(20)16-25-22(23-5-2)24-13-12-17-10-11-19(26)21(15-17)27-3/h4,6-11,15,26H,1,5,12-14,16H2,2-3H3,(H2,23,24,25). The highest BCUT2D eigenvalue weighted by molar-refractivity contribution is 5.79. The lowest BCUT2D eigenvalue weighted by Crippen LogP contribution is -2.38. The predicted octanol–water partition coefficient (Wildman–Crippen LogP) is 3.26. The van der Waals surface area contributed by atoms with Gasteiger partial charge in [-0.15, -0.1) is 0 Å². The minimum absolute atomic E-state index is 0.145. The molecule has 2 aromatic carbocycles. The van der Waals surface area contributed by atoms with Crippen molar-refractivity contribution in [2.45, 2.75) is 19.9 Å². The van der Waals surface area contributed by atoms with Gasteiger partial charge in [-0.2, -0.15) is 0 Å². The van der Waals surface area contributed by atoms with Crippen LogP contribution in [-0.4, -0.2) is 37.9 Å². The van der Waals surface area contributed by atoms with Crippen molar-refractivity contribution in [1.29, 1.82) is 0 Å². The second-order valence-electron chi connectivity index (χ2n) is 6.09. The molecule has 0 heterocycles. The summed E-state index contributed by atoms with van der Waals surface area (Å²) in [6.45, 7) is 8.17. The molecule has 0 unspecified atom stereocenters. The quantitative estimate of drug-likeness (QED) is 0.334. The zero-order valence-corrected chi connectivity index (χ0v) is 16.6. The van der Waals surface area contributed by atoms with E-state index in [1.807, 2.05) is 43.3 Å². The van der Waals surface area contributed by atoms with Crippen molar-refractivity contribution in [2.75, 3.05) is 26.8 Å². The van der Waals surface area contributed by atoms with Crippen LogP contribution in [0.2, 0.25) is 0 Å². The Morgan fingerprint density at radius 1 is 1.18 bits per heavy atom. The number of guanidine groups is 1. The van der Waals surface area contributed by atoms with E-state index >= 15 is 0 Å². The Hall–Kier alpha value is -3.15. The van der Waals surface area contributed by atoms with Crippen LogP contribution in [0.15, 0.2) is 60.1 Å². The molecule has 0 atom stereocenters. The summed E-state index contributed by atoms with van der Waals surface area (Å²) >= 11 is 0. The number of rotatable bonds is 10. The number of hydrogen-bond donors (Lipinski definition) is 3. The Morgan fingerprint density at radius 2 is 2.00 bits per heavy atom. The van der Waals surface area contributed by atoms with Crippen LogP contribution in [0.25, 0.3) is 0 Å². The molecule has 0 aliphatic heterocycles. The number of benzene rings is 2. The number of aromatic hydroxyl groups is 1. The zero-order valence-electron chi connectivity index (χ0n) is 16.6. The van der Waals surface area contributed by atoms with Gasteiger partial charge in [0.15, 0.2) is 17.5 Å². The molecule has 2 rings (SSSR count). The summed E-state index contributed by atoms with van der Waals surface area (Å²) in [5.41, 5.74) is 2.09. The number of aliphatic imine (C=N–C) groups is 1. The van der Waals surface area contributed by atoms with Crippen molar-refractivity contribution in [3.63, 3.8) is 0 Å².